The molecule has 0 saturated carbocycles. The predicted molar refractivity (Wildman–Crippen MR) is 70.7 cm³/mol. The number of pyridine rings is 1. The Labute approximate surface area is 121 Å². The van der Waals surface area contributed by atoms with Crippen molar-refractivity contribution in [3.05, 3.63) is 58.1 Å². The topological polar surface area (TPSA) is 65.1 Å². The zero-order valence-corrected chi connectivity index (χ0v) is 11.0. The molecule has 4 nitrogen and oxygen atoms in total. The van der Waals surface area contributed by atoms with Gasteiger partial charge < -0.3 is 10.3 Å². The number of primary amides is 1. The summed E-state index contributed by atoms with van der Waals surface area (Å²) in [6, 6.07) is 5.19. The van der Waals surface area contributed by atoms with E-state index in [0.717, 1.165) is 24.4 Å². The maximum atomic E-state index is 13.0. The molecule has 2 N–H and O–H groups in total. The first-order valence-corrected chi connectivity index (χ1v) is 6.05. The zero-order chi connectivity index (χ0) is 16.5. The van der Waals surface area contributed by atoms with Crippen LogP contribution in [0.1, 0.15) is 10.4 Å². The molecule has 0 bridgehead atoms. The van der Waals surface area contributed by atoms with Crippen LogP contribution in [0, 0.1) is 5.82 Å². The molecule has 0 radical (unpaired) electrons. The number of carbonyl (C=O) groups excluding carboxylic acids is 1. The van der Waals surface area contributed by atoms with Crippen LogP contribution >= 0.6 is 0 Å². The van der Waals surface area contributed by atoms with Gasteiger partial charge in [-0.15, -0.1) is 0 Å². The Morgan fingerprint density at radius 1 is 1.14 bits per heavy atom. The average molecular weight is 314 g/mol. The Balaban J connectivity index is 2.75. The summed E-state index contributed by atoms with van der Waals surface area (Å²) in [6.07, 6.45) is -3.65. The van der Waals surface area contributed by atoms with Crippen LogP contribution in [-0.2, 0) is 6.54 Å². The minimum absolute atomic E-state index is 0.0807. The van der Waals surface area contributed by atoms with E-state index in [1.807, 2.05) is 0 Å². The predicted octanol–water partition coefficient (Wildman–Crippen LogP) is 2.32. The maximum absolute atomic E-state index is 13.0. The second kappa shape index (κ2) is 5.63. The number of nitrogens with zero attached hydrogens (tertiary/aromatic N) is 1. The van der Waals surface area contributed by atoms with Crippen molar-refractivity contribution in [3.8, 4) is 11.3 Å². The molecule has 22 heavy (non-hydrogen) atoms. The molecule has 1 aromatic heterocycles. The summed E-state index contributed by atoms with van der Waals surface area (Å²) in [5.74, 6) is -1.76. The van der Waals surface area contributed by atoms with Gasteiger partial charge in [0.05, 0.1) is 5.69 Å². The molecule has 0 unspecified atom stereocenters. The van der Waals surface area contributed by atoms with E-state index in [4.69, 9.17) is 5.73 Å². The zero-order valence-electron chi connectivity index (χ0n) is 11.0. The highest BCUT2D eigenvalue weighted by atomic mass is 19.4. The molecule has 0 fully saturated rings. The highest BCUT2D eigenvalue weighted by Crippen LogP contribution is 2.26. The van der Waals surface area contributed by atoms with Crippen LogP contribution in [0.25, 0.3) is 11.3 Å². The molecular formula is C14H10F4N2O2. The molecule has 0 saturated heterocycles. The van der Waals surface area contributed by atoms with E-state index in [1.165, 1.54) is 12.1 Å². The Bertz CT molecular complexity index is 764. The van der Waals surface area contributed by atoms with Crippen LogP contribution in [-0.4, -0.2) is 16.7 Å². The number of halogens is 4. The monoisotopic (exact) mass is 314 g/mol. The van der Waals surface area contributed by atoms with Gasteiger partial charge in [0.1, 0.15) is 17.9 Å². The minimum Gasteiger partial charge on any atom is -0.365 e. The van der Waals surface area contributed by atoms with Gasteiger partial charge in [-0.05, 0) is 29.8 Å². The summed E-state index contributed by atoms with van der Waals surface area (Å²) >= 11 is 0. The molecule has 1 heterocycles. The summed E-state index contributed by atoms with van der Waals surface area (Å²) in [4.78, 5) is 23.2. The van der Waals surface area contributed by atoms with Crippen molar-refractivity contribution >= 4 is 5.91 Å². The molecule has 0 aliphatic heterocycles. The standard InChI is InChI=1S/C14H10F4N2O2/c15-9-3-1-8(2-4-9)12-11(13(19)22)10(21)5-6-20(12)7-14(16,17)18/h1-6H,7H2,(H2,19,22). The molecule has 0 aliphatic carbocycles. The summed E-state index contributed by atoms with van der Waals surface area (Å²) in [5.41, 5.74) is 3.52. The van der Waals surface area contributed by atoms with Crippen molar-refractivity contribution in [3.63, 3.8) is 0 Å². The van der Waals surface area contributed by atoms with Crippen LogP contribution in [0.5, 0.6) is 0 Å². The average Bonchev–Trinajstić information content (AvgIpc) is 2.39. The first kappa shape index (κ1) is 15.7. The van der Waals surface area contributed by atoms with E-state index in [-0.39, 0.29) is 11.3 Å². The summed E-state index contributed by atoms with van der Waals surface area (Å²) in [6.45, 7) is -1.42. The summed E-state index contributed by atoms with van der Waals surface area (Å²) < 4.78 is 51.6. The van der Waals surface area contributed by atoms with Crippen LogP contribution in [0.2, 0.25) is 0 Å². The van der Waals surface area contributed by atoms with Crippen LogP contribution in [0.3, 0.4) is 0 Å². The number of amides is 1. The number of aromatic nitrogens is 1. The molecule has 0 atom stereocenters. The number of alkyl halides is 3. The lowest BCUT2D eigenvalue weighted by atomic mass is 10.0. The van der Waals surface area contributed by atoms with Gasteiger partial charge in [-0.3, -0.25) is 9.59 Å². The molecule has 116 valence electrons. The van der Waals surface area contributed by atoms with Crippen molar-refractivity contribution in [2.24, 2.45) is 5.73 Å². The third-order valence-electron chi connectivity index (χ3n) is 2.89. The van der Waals surface area contributed by atoms with Crippen molar-refractivity contribution in [2.45, 2.75) is 12.7 Å². The summed E-state index contributed by atoms with van der Waals surface area (Å²) in [5, 5.41) is 0. The van der Waals surface area contributed by atoms with Gasteiger partial charge in [0.2, 0.25) is 0 Å². The van der Waals surface area contributed by atoms with Gasteiger partial charge >= 0.3 is 6.18 Å². The Morgan fingerprint density at radius 2 is 1.73 bits per heavy atom. The van der Waals surface area contributed by atoms with Gasteiger partial charge in [-0.2, -0.15) is 13.2 Å². The van der Waals surface area contributed by atoms with E-state index in [2.05, 4.69) is 0 Å². The smallest absolute Gasteiger partial charge is 0.365 e. The van der Waals surface area contributed by atoms with Crippen LogP contribution in [0.4, 0.5) is 17.6 Å². The first-order chi connectivity index (χ1) is 10.2. The molecule has 0 aliphatic rings. The lowest BCUT2D eigenvalue weighted by Crippen LogP contribution is -2.28. The quantitative estimate of drug-likeness (QED) is 0.884. The fourth-order valence-corrected chi connectivity index (χ4v) is 2.06. The third-order valence-corrected chi connectivity index (χ3v) is 2.89. The van der Waals surface area contributed by atoms with E-state index < -0.39 is 35.4 Å². The molecule has 0 spiro atoms. The van der Waals surface area contributed by atoms with E-state index >= 15 is 0 Å². The lowest BCUT2D eigenvalue weighted by Gasteiger charge is -2.17. The van der Waals surface area contributed by atoms with Crippen molar-refractivity contribution in [1.82, 2.24) is 4.57 Å². The van der Waals surface area contributed by atoms with Gasteiger partial charge in [-0.1, -0.05) is 0 Å². The number of nitrogens with two attached hydrogens (primary N) is 1. The highest BCUT2D eigenvalue weighted by Gasteiger charge is 2.30. The van der Waals surface area contributed by atoms with Crippen molar-refractivity contribution in [2.75, 3.05) is 0 Å². The molecule has 8 heteroatoms. The largest absolute Gasteiger partial charge is 0.406 e. The SMILES string of the molecule is NC(=O)c1c(-c2ccc(F)cc2)n(CC(F)(F)F)ccc1=O. The number of rotatable bonds is 3. The number of carbonyl (C=O) groups is 1. The van der Waals surface area contributed by atoms with E-state index in [9.17, 15) is 27.2 Å². The van der Waals surface area contributed by atoms with Gasteiger partial charge in [0.15, 0.2) is 5.43 Å². The van der Waals surface area contributed by atoms with Crippen molar-refractivity contribution < 1.29 is 22.4 Å². The molecule has 2 rings (SSSR count). The number of hydrogen-bond acceptors (Lipinski definition) is 2. The molecule has 1 aromatic carbocycles. The number of benzene rings is 1. The Kier molecular flexibility index (Phi) is 4.03. The lowest BCUT2D eigenvalue weighted by molar-refractivity contribution is -0.140. The van der Waals surface area contributed by atoms with Crippen LogP contribution in [0.15, 0.2) is 41.3 Å². The van der Waals surface area contributed by atoms with E-state index in [1.54, 1.807) is 0 Å². The molecule has 1 amide bonds. The Morgan fingerprint density at radius 3 is 2.23 bits per heavy atom. The molecule has 2 aromatic rings. The highest BCUT2D eigenvalue weighted by molar-refractivity contribution is 5.98. The Hall–Kier alpha value is -2.64. The normalized spacial score (nSPS) is 11.5. The summed E-state index contributed by atoms with van der Waals surface area (Å²) in [7, 11) is 0. The molecular weight excluding hydrogens is 304 g/mol. The fourth-order valence-electron chi connectivity index (χ4n) is 2.06. The second-order valence-corrected chi connectivity index (χ2v) is 4.52. The van der Waals surface area contributed by atoms with Crippen molar-refractivity contribution in [1.29, 1.82) is 0 Å². The second-order valence-electron chi connectivity index (χ2n) is 4.52. The van der Waals surface area contributed by atoms with Crippen LogP contribution < -0.4 is 11.2 Å². The van der Waals surface area contributed by atoms with E-state index in [0.29, 0.717) is 4.57 Å². The third kappa shape index (κ3) is 3.33. The van der Waals surface area contributed by atoms with Gasteiger partial charge in [-0.25, -0.2) is 4.39 Å². The van der Waals surface area contributed by atoms with Gasteiger partial charge in [0.25, 0.3) is 5.91 Å². The maximum Gasteiger partial charge on any atom is 0.406 e. The number of hydrogen-bond donors (Lipinski definition) is 1. The first-order valence-electron chi connectivity index (χ1n) is 6.05. The van der Waals surface area contributed by atoms with Gasteiger partial charge in [0, 0.05) is 12.3 Å². The minimum atomic E-state index is -4.57. The fraction of sp³-hybridized carbons (Fsp3) is 0.143.